The summed E-state index contributed by atoms with van der Waals surface area (Å²) < 4.78 is 0. The molecule has 0 unspecified atom stereocenters. The number of anilines is 1. The van der Waals surface area contributed by atoms with Crippen LogP contribution in [0.1, 0.15) is 16.7 Å². The summed E-state index contributed by atoms with van der Waals surface area (Å²) in [6.45, 7) is 2.03. The molecule has 2 aliphatic heterocycles. The van der Waals surface area contributed by atoms with Crippen molar-refractivity contribution in [2.24, 2.45) is 5.10 Å². The van der Waals surface area contributed by atoms with Crippen molar-refractivity contribution in [3.63, 3.8) is 0 Å². The SMILES string of the molecule is [C]1=CCc2ccccc2N1N1[CH]c2ccccc2C=N1. The molecule has 0 fully saturated rings. The van der Waals surface area contributed by atoms with E-state index in [0.29, 0.717) is 0 Å². The Morgan fingerprint density at radius 1 is 0.950 bits per heavy atom. The van der Waals surface area contributed by atoms with E-state index < -0.39 is 0 Å². The lowest BCUT2D eigenvalue weighted by Crippen LogP contribution is -2.37. The van der Waals surface area contributed by atoms with E-state index in [0.717, 1.165) is 23.2 Å². The van der Waals surface area contributed by atoms with Gasteiger partial charge in [-0.1, -0.05) is 48.5 Å². The smallest absolute Gasteiger partial charge is 0.124 e. The average molecular weight is 259 g/mol. The standard InChI is InChI=1S/C17H13N3/c1-2-8-16-13-20(18-12-15(16)7-1)19-11-5-9-14-6-3-4-10-17(14)19/h1-8,10,12-13H,9H2. The number of nitrogens with zero attached hydrogens (tertiary/aromatic N) is 3. The second-order valence-electron chi connectivity index (χ2n) is 4.80. The van der Waals surface area contributed by atoms with Gasteiger partial charge < -0.3 is 0 Å². The van der Waals surface area contributed by atoms with Gasteiger partial charge in [-0.3, -0.25) is 0 Å². The first kappa shape index (κ1) is 11.3. The lowest BCUT2D eigenvalue weighted by molar-refractivity contribution is 0.357. The van der Waals surface area contributed by atoms with Gasteiger partial charge in [0.2, 0.25) is 0 Å². The third-order valence-electron chi connectivity index (χ3n) is 3.53. The minimum atomic E-state index is 0.917. The molecule has 3 nitrogen and oxygen atoms in total. The number of hydrazone groups is 1. The number of benzene rings is 2. The molecule has 2 aromatic rings. The zero-order valence-electron chi connectivity index (χ0n) is 10.9. The summed E-state index contributed by atoms with van der Waals surface area (Å²) in [5.41, 5.74) is 4.71. The third-order valence-corrected chi connectivity index (χ3v) is 3.53. The molecule has 0 spiro atoms. The second-order valence-corrected chi connectivity index (χ2v) is 4.80. The number of hydrazine groups is 1. The number of hydrogen-bond donors (Lipinski definition) is 0. The van der Waals surface area contributed by atoms with E-state index in [2.05, 4.69) is 41.6 Å². The molecule has 0 N–H and O–H groups in total. The topological polar surface area (TPSA) is 18.8 Å². The van der Waals surface area contributed by atoms with Crippen molar-refractivity contribution in [1.29, 1.82) is 0 Å². The Kier molecular flexibility index (Phi) is 2.56. The van der Waals surface area contributed by atoms with Crippen molar-refractivity contribution in [2.45, 2.75) is 6.42 Å². The Hall–Kier alpha value is -2.55. The fraction of sp³-hybridized carbons (Fsp3) is 0.0588. The molecule has 0 saturated carbocycles. The molecule has 0 aliphatic carbocycles. The molecule has 20 heavy (non-hydrogen) atoms. The minimum Gasteiger partial charge on any atom is -0.235 e. The van der Waals surface area contributed by atoms with Crippen molar-refractivity contribution in [2.75, 3.05) is 5.01 Å². The molecule has 2 aromatic carbocycles. The first-order valence-electron chi connectivity index (χ1n) is 6.65. The quantitative estimate of drug-likeness (QED) is 0.783. The molecule has 2 radical (unpaired) electrons. The highest BCUT2D eigenvalue weighted by Crippen LogP contribution is 2.29. The van der Waals surface area contributed by atoms with E-state index in [-0.39, 0.29) is 0 Å². The Morgan fingerprint density at radius 2 is 1.75 bits per heavy atom. The number of hydrogen-bond acceptors (Lipinski definition) is 3. The highest BCUT2D eigenvalue weighted by atomic mass is 15.8. The van der Waals surface area contributed by atoms with Crippen LogP contribution in [0, 0.1) is 12.7 Å². The van der Waals surface area contributed by atoms with E-state index in [1.807, 2.05) is 47.2 Å². The maximum Gasteiger partial charge on any atom is 0.124 e. The average Bonchev–Trinajstić information content (AvgIpc) is 2.54. The largest absolute Gasteiger partial charge is 0.235 e. The van der Waals surface area contributed by atoms with Gasteiger partial charge in [0.25, 0.3) is 0 Å². The summed E-state index contributed by atoms with van der Waals surface area (Å²) in [5, 5.41) is 8.27. The van der Waals surface area contributed by atoms with E-state index in [9.17, 15) is 0 Å². The first-order valence-corrected chi connectivity index (χ1v) is 6.65. The number of rotatable bonds is 1. The molecule has 0 atom stereocenters. The lowest BCUT2D eigenvalue weighted by atomic mass is 10.1. The van der Waals surface area contributed by atoms with Crippen molar-refractivity contribution in [3.8, 4) is 0 Å². The van der Waals surface area contributed by atoms with Crippen LogP contribution in [0.4, 0.5) is 5.69 Å². The highest BCUT2D eigenvalue weighted by molar-refractivity contribution is 5.83. The van der Waals surface area contributed by atoms with Gasteiger partial charge in [-0.2, -0.15) is 10.2 Å². The van der Waals surface area contributed by atoms with Gasteiger partial charge in [0.05, 0.1) is 18.1 Å². The number of para-hydroxylation sites is 1. The van der Waals surface area contributed by atoms with E-state index in [1.165, 1.54) is 5.56 Å². The molecule has 3 heteroatoms. The van der Waals surface area contributed by atoms with Crippen LogP contribution in [0.25, 0.3) is 0 Å². The zero-order chi connectivity index (χ0) is 13.4. The van der Waals surface area contributed by atoms with E-state index in [4.69, 9.17) is 0 Å². The molecule has 2 heterocycles. The van der Waals surface area contributed by atoms with Crippen LogP contribution >= 0.6 is 0 Å². The van der Waals surface area contributed by atoms with Crippen LogP contribution in [0.5, 0.6) is 0 Å². The molecule has 2 aliphatic rings. The van der Waals surface area contributed by atoms with Gasteiger partial charge in [-0.25, -0.2) is 5.01 Å². The van der Waals surface area contributed by atoms with E-state index >= 15 is 0 Å². The second kappa shape index (κ2) is 4.53. The molecule has 0 aromatic heterocycles. The molecular formula is C17H13N3. The van der Waals surface area contributed by atoms with Gasteiger partial charge in [0.15, 0.2) is 0 Å². The summed E-state index contributed by atoms with van der Waals surface area (Å²) in [7, 11) is 0. The first-order chi connectivity index (χ1) is 9.92. The van der Waals surface area contributed by atoms with Gasteiger partial charge in [-0.05, 0) is 23.6 Å². The summed E-state index contributed by atoms with van der Waals surface area (Å²) in [4.78, 5) is 0. The predicted molar refractivity (Wildman–Crippen MR) is 79.7 cm³/mol. The van der Waals surface area contributed by atoms with Crippen molar-refractivity contribution in [3.05, 3.63) is 84.0 Å². The van der Waals surface area contributed by atoms with Gasteiger partial charge in [-0.15, -0.1) is 0 Å². The predicted octanol–water partition coefficient (Wildman–Crippen LogP) is 3.14. The normalized spacial score (nSPS) is 16.0. The molecule has 0 saturated heterocycles. The molecular weight excluding hydrogens is 246 g/mol. The van der Waals surface area contributed by atoms with Crippen LogP contribution < -0.4 is 5.01 Å². The van der Waals surface area contributed by atoms with Crippen LogP contribution in [0.3, 0.4) is 0 Å². The van der Waals surface area contributed by atoms with Crippen molar-refractivity contribution >= 4 is 11.9 Å². The van der Waals surface area contributed by atoms with Gasteiger partial charge >= 0.3 is 0 Å². The molecule has 0 bridgehead atoms. The van der Waals surface area contributed by atoms with Crippen LogP contribution in [0.2, 0.25) is 0 Å². The molecule has 96 valence electrons. The summed E-state index contributed by atoms with van der Waals surface area (Å²) in [6.07, 6.45) is 8.10. The van der Waals surface area contributed by atoms with Crippen molar-refractivity contribution < 1.29 is 0 Å². The van der Waals surface area contributed by atoms with Gasteiger partial charge in [0.1, 0.15) is 6.54 Å². The summed E-state index contributed by atoms with van der Waals surface area (Å²) >= 11 is 0. The Balaban J connectivity index is 1.70. The Morgan fingerprint density at radius 3 is 2.70 bits per heavy atom. The van der Waals surface area contributed by atoms with Crippen LogP contribution in [-0.2, 0) is 6.42 Å². The maximum atomic E-state index is 4.49. The zero-order valence-corrected chi connectivity index (χ0v) is 10.9. The fourth-order valence-electron chi connectivity index (χ4n) is 2.51. The van der Waals surface area contributed by atoms with Crippen molar-refractivity contribution in [1.82, 2.24) is 5.12 Å². The number of allylic oxidation sites excluding steroid dienone is 1. The van der Waals surface area contributed by atoms with Crippen LogP contribution in [-0.4, -0.2) is 11.3 Å². The fourth-order valence-corrected chi connectivity index (χ4v) is 2.51. The lowest BCUT2D eigenvalue weighted by Gasteiger charge is -2.35. The Labute approximate surface area is 118 Å². The summed E-state index contributed by atoms with van der Waals surface area (Å²) in [6, 6.07) is 16.6. The highest BCUT2D eigenvalue weighted by Gasteiger charge is 2.21. The van der Waals surface area contributed by atoms with E-state index in [1.54, 1.807) is 0 Å². The molecule has 0 amide bonds. The molecule has 4 rings (SSSR count). The minimum absolute atomic E-state index is 0.917. The monoisotopic (exact) mass is 259 g/mol. The maximum absolute atomic E-state index is 4.49. The Bertz CT molecular complexity index is 703. The third kappa shape index (κ3) is 1.79. The van der Waals surface area contributed by atoms with Gasteiger partial charge in [0, 0.05) is 5.56 Å². The number of fused-ring (bicyclic) bond motifs is 2. The van der Waals surface area contributed by atoms with Crippen LogP contribution in [0.15, 0.2) is 59.7 Å². The summed E-state index contributed by atoms with van der Waals surface area (Å²) in [5.74, 6) is 0.